The van der Waals surface area contributed by atoms with E-state index >= 15 is 0 Å². The molecular formula is C15H28N2O3S. The molecule has 0 radical (unpaired) electrons. The van der Waals surface area contributed by atoms with Crippen LogP contribution in [0.15, 0.2) is 0 Å². The maximum Gasteiger partial charge on any atom is 0.241 e. The topological polar surface area (TPSA) is 66.5 Å². The monoisotopic (exact) mass is 316 g/mol. The van der Waals surface area contributed by atoms with Gasteiger partial charge in [-0.1, -0.05) is 27.2 Å². The SMILES string of the molecule is CCCC1NC(CC(C)C)N(C2CCS(=O)(=O)CC2)C1=O. The van der Waals surface area contributed by atoms with Crippen molar-refractivity contribution in [2.45, 2.75) is 71.1 Å². The number of nitrogens with one attached hydrogen (secondary N) is 1. The quantitative estimate of drug-likeness (QED) is 0.835. The minimum Gasteiger partial charge on any atom is -0.323 e. The van der Waals surface area contributed by atoms with Crippen molar-refractivity contribution >= 4 is 15.7 Å². The molecule has 0 spiro atoms. The van der Waals surface area contributed by atoms with Crippen LogP contribution in [-0.2, 0) is 14.6 Å². The molecule has 0 aromatic rings. The second-order valence-corrected chi connectivity index (χ2v) is 9.09. The third-order valence-electron chi connectivity index (χ3n) is 4.47. The van der Waals surface area contributed by atoms with Crippen LogP contribution in [-0.4, -0.2) is 49.0 Å². The van der Waals surface area contributed by atoms with Crippen LogP contribution < -0.4 is 5.32 Å². The Bertz CT molecular complexity index is 461. The average molecular weight is 316 g/mol. The highest BCUT2D eigenvalue weighted by atomic mass is 32.2. The second kappa shape index (κ2) is 6.65. The Morgan fingerprint density at radius 3 is 2.43 bits per heavy atom. The molecule has 6 heteroatoms. The lowest BCUT2D eigenvalue weighted by atomic mass is 10.0. The van der Waals surface area contributed by atoms with Crippen LogP contribution in [0.1, 0.15) is 52.9 Å². The summed E-state index contributed by atoms with van der Waals surface area (Å²) < 4.78 is 23.2. The first-order valence-corrected chi connectivity index (χ1v) is 9.95. The summed E-state index contributed by atoms with van der Waals surface area (Å²) in [4.78, 5) is 14.6. The predicted molar refractivity (Wildman–Crippen MR) is 83.6 cm³/mol. The van der Waals surface area contributed by atoms with Crippen molar-refractivity contribution in [3.05, 3.63) is 0 Å². The minimum absolute atomic E-state index is 0.0693. The van der Waals surface area contributed by atoms with E-state index < -0.39 is 9.84 Å². The van der Waals surface area contributed by atoms with Gasteiger partial charge in [0.05, 0.1) is 23.7 Å². The molecule has 0 saturated carbocycles. The molecule has 1 amide bonds. The van der Waals surface area contributed by atoms with Crippen LogP contribution in [0.3, 0.4) is 0 Å². The van der Waals surface area contributed by atoms with E-state index in [1.165, 1.54) is 0 Å². The smallest absolute Gasteiger partial charge is 0.241 e. The van der Waals surface area contributed by atoms with E-state index in [0.29, 0.717) is 18.8 Å². The van der Waals surface area contributed by atoms with Gasteiger partial charge in [-0.3, -0.25) is 10.1 Å². The summed E-state index contributed by atoms with van der Waals surface area (Å²) >= 11 is 0. The molecule has 2 unspecified atom stereocenters. The maximum atomic E-state index is 12.7. The summed E-state index contributed by atoms with van der Waals surface area (Å²) in [6.07, 6.45) is 4.00. The molecule has 1 N–H and O–H groups in total. The minimum atomic E-state index is -2.89. The summed E-state index contributed by atoms with van der Waals surface area (Å²) in [6, 6.07) is -0.00332. The second-order valence-electron chi connectivity index (χ2n) is 6.78. The fraction of sp³-hybridized carbons (Fsp3) is 0.933. The van der Waals surface area contributed by atoms with Crippen LogP contribution in [0.25, 0.3) is 0 Å². The first-order valence-electron chi connectivity index (χ1n) is 8.12. The first-order chi connectivity index (χ1) is 9.84. The van der Waals surface area contributed by atoms with E-state index in [-0.39, 0.29) is 35.7 Å². The van der Waals surface area contributed by atoms with Crippen molar-refractivity contribution < 1.29 is 13.2 Å². The zero-order valence-corrected chi connectivity index (χ0v) is 14.2. The lowest BCUT2D eigenvalue weighted by Gasteiger charge is -2.35. The van der Waals surface area contributed by atoms with Gasteiger partial charge in [0, 0.05) is 6.04 Å². The molecule has 2 saturated heterocycles. The van der Waals surface area contributed by atoms with Crippen molar-refractivity contribution in [2.75, 3.05) is 11.5 Å². The van der Waals surface area contributed by atoms with Crippen molar-refractivity contribution in [3.8, 4) is 0 Å². The van der Waals surface area contributed by atoms with E-state index in [1.807, 2.05) is 4.90 Å². The molecule has 2 fully saturated rings. The largest absolute Gasteiger partial charge is 0.323 e. The molecule has 0 aromatic heterocycles. The van der Waals surface area contributed by atoms with Crippen LogP contribution in [0, 0.1) is 5.92 Å². The van der Waals surface area contributed by atoms with Gasteiger partial charge in [-0.05, 0) is 31.6 Å². The Morgan fingerprint density at radius 1 is 1.29 bits per heavy atom. The molecule has 0 aromatic carbocycles. The molecule has 21 heavy (non-hydrogen) atoms. The number of amides is 1. The lowest BCUT2D eigenvalue weighted by molar-refractivity contribution is -0.132. The van der Waals surface area contributed by atoms with Gasteiger partial charge < -0.3 is 4.90 Å². The molecular weight excluding hydrogens is 288 g/mol. The fourth-order valence-corrected chi connectivity index (χ4v) is 4.90. The van der Waals surface area contributed by atoms with Crippen molar-refractivity contribution in [2.24, 2.45) is 5.92 Å². The summed E-state index contributed by atoms with van der Waals surface area (Å²) in [6.45, 7) is 6.40. The molecule has 2 heterocycles. The highest BCUT2D eigenvalue weighted by molar-refractivity contribution is 7.91. The lowest BCUT2D eigenvalue weighted by Crippen LogP contribution is -2.48. The predicted octanol–water partition coefficient (Wildman–Crippen LogP) is 1.54. The van der Waals surface area contributed by atoms with Gasteiger partial charge in [0.25, 0.3) is 0 Å². The summed E-state index contributed by atoms with van der Waals surface area (Å²) in [5.74, 6) is 1.11. The van der Waals surface area contributed by atoms with Gasteiger partial charge in [0.1, 0.15) is 9.84 Å². The van der Waals surface area contributed by atoms with Crippen LogP contribution in [0.5, 0.6) is 0 Å². The first kappa shape index (κ1) is 16.7. The number of hydrogen-bond donors (Lipinski definition) is 1. The van der Waals surface area contributed by atoms with Crippen LogP contribution in [0.4, 0.5) is 0 Å². The van der Waals surface area contributed by atoms with Gasteiger partial charge in [0.2, 0.25) is 5.91 Å². The average Bonchev–Trinajstić information content (AvgIpc) is 2.67. The van der Waals surface area contributed by atoms with Crippen molar-refractivity contribution in [1.82, 2.24) is 10.2 Å². The van der Waals surface area contributed by atoms with Crippen molar-refractivity contribution in [1.29, 1.82) is 0 Å². The standard InChI is InChI=1S/C15H28N2O3S/c1-4-5-13-15(18)17(14(16-13)10-11(2)3)12-6-8-21(19,20)9-7-12/h11-14,16H,4-10H2,1-3H3. The Labute approximate surface area is 128 Å². The Kier molecular flexibility index (Phi) is 5.30. The summed E-state index contributed by atoms with van der Waals surface area (Å²) in [5.41, 5.74) is 0. The number of rotatable bonds is 5. The molecule has 2 atom stereocenters. The van der Waals surface area contributed by atoms with E-state index in [4.69, 9.17) is 0 Å². The Morgan fingerprint density at radius 2 is 1.90 bits per heavy atom. The number of carbonyl (C=O) groups excluding carboxylic acids is 1. The molecule has 122 valence electrons. The van der Waals surface area contributed by atoms with Gasteiger partial charge in [-0.15, -0.1) is 0 Å². The molecule has 2 rings (SSSR count). The highest BCUT2D eigenvalue weighted by Gasteiger charge is 2.43. The third-order valence-corrected chi connectivity index (χ3v) is 6.19. The number of carbonyl (C=O) groups is 1. The summed E-state index contributed by atoms with van der Waals surface area (Å²) in [5, 5.41) is 3.47. The molecule has 0 aliphatic carbocycles. The Hall–Kier alpha value is -0.620. The van der Waals surface area contributed by atoms with Gasteiger partial charge >= 0.3 is 0 Å². The molecule has 2 aliphatic rings. The normalized spacial score (nSPS) is 30.3. The van der Waals surface area contributed by atoms with Crippen molar-refractivity contribution in [3.63, 3.8) is 0 Å². The Balaban J connectivity index is 2.11. The molecule has 2 aliphatic heterocycles. The summed E-state index contributed by atoms with van der Waals surface area (Å²) in [7, 11) is -2.89. The fourth-order valence-electron chi connectivity index (χ4n) is 3.43. The number of nitrogens with zero attached hydrogens (tertiary/aromatic N) is 1. The zero-order chi connectivity index (χ0) is 15.6. The molecule has 0 bridgehead atoms. The highest BCUT2D eigenvalue weighted by Crippen LogP contribution is 2.27. The van der Waals surface area contributed by atoms with Gasteiger partial charge in [0.15, 0.2) is 0 Å². The third kappa shape index (κ3) is 3.97. The maximum absolute atomic E-state index is 12.7. The number of sulfone groups is 1. The van der Waals surface area contributed by atoms with Crippen LogP contribution in [0.2, 0.25) is 0 Å². The van der Waals surface area contributed by atoms with Crippen LogP contribution >= 0.6 is 0 Å². The van der Waals surface area contributed by atoms with E-state index in [2.05, 4.69) is 26.1 Å². The number of hydrogen-bond acceptors (Lipinski definition) is 4. The van der Waals surface area contributed by atoms with E-state index in [9.17, 15) is 13.2 Å². The van der Waals surface area contributed by atoms with Gasteiger partial charge in [-0.25, -0.2) is 8.42 Å². The zero-order valence-electron chi connectivity index (χ0n) is 13.3. The van der Waals surface area contributed by atoms with E-state index in [0.717, 1.165) is 19.3 Å². The van der Waals surface area contributed by atoms with E-state index in [1.54, 1.807) is 0 Å². The molecule has 5 nitrogen and oxygen atoms in total. The van der Waals surface area contributed by atoms with Gasteiger partial charge in [-0.2, -0.15) is 0 Å².